The van der Waals surface area contributed by atoms with Crippen LogP contribution in [0.2, 0.25) is 0 Å². The fourth-order valence-electron chi connectivity index (χ4n) is 2.31. The van der Waals surface area contributed by atoms with Crippen molar-refractivity contribution in [1.29, 1.82) is 0 Å². The number of aryl methyl sites for hydroxylation is 1. The highest BCUT2D eigenvalue weighted by atomic mass is 32.2. The lowest BCUT2D eigenvalue weighted by Gasteiger charge is -2.24. The molecule has 1 fully saturated rings. The van der Waals surface area contributed by atoms with Gasteiger partial charge in [0.2, 0.25) is 0 Å². The quantitative estimate of drug-likeness (QED) is 0.922. The van der Waals surface area contributed by atoms with E-state index >= 15 is 0 Å². The van der Waals surface area contributed by atoms with Crippen molar-refractivity contribution in [3.63, 3.8) is 0 Å². The maximum absolute atomic E-state index is 4.62. The maximum atomic E-state index is 4.62. The largest absolute Gasteiger partial charge is 0.370 e. The molecule has 1 aliphatic rings. The Hall–Kier alpha value is -0.970. The van der Waals surface area contributed by atoms with Crippen molar-refractivity contribution < 1.29 is 0 Å². The van der Waals surface area contributed by atoms with E-state index < -0.39 is 0 Å². The summed E-state index contributed by atoms with van der Waals surface area (Å²) < 4.78 is 0.375. The topological polar surface area (TPSA) is 41.0 Å². The van der Waals surface area contributed by atoms with Crippen molar-refractivity contribution >= 4 is 23.4 Å². The molecule has 0 aromatic carbocycles. The molecule has 2 rings (SSSR count). The first-order chi connectivity index (χ1) is 9.50. The Kier molecular flexibility index (Phi) is 5.13. The van der Waals surface area contributed by atoms with E-state index in [0.29, 0.717) is 4.75 Å². The summed E-state index contributed by atoms with van der Waals surface area (Å²) >= 11 is 2.06. The molecule has 1 aromatic rings. The number of rotatable bonds is 4. The minimum Gasteiger partial charge on any atom is -0.370 e. The molecule has 5 heteroatoms. The molecule has 0 unspecified atom stereocenters. The van der Waals surface area contributed by atoms with E-state index in [-0.39, 0.29) is 0 Å². The second kappa shape index (κ2) is 6.66. The summed E-state index contributed by atoms with van der Waals surface area (Å²) in [6.45, 7) is 11.9. The zero-order valence-corrected chi connectivity index (χ0v) is 13.9. The predicted octanol–water partition coefficient (Wildman–Crippen LogP) is 3.33. The van der Waals surface area contributed by atoms with Gasteiger partial charge in [0.1, 0.15) is 17.5 Å². The molecule has 0 bridgehead atoms. The standard InChI is InChI=1S/C15H26N4S/c1-5-7-16-13-11-14(18-12(2)17-13)19-8-6-15(3,4)20-10-9-19/h11H,5-10H2,1-4H3,(H,16,17,18). The number of nitrogens with zero attached hydrogens (tertiary/aromatic N) is 3. The van der Waals surface area contributed by atoms with Gasteiger partial charge >= 0.3 is 0 Å². The summed E-state index contributed by atoms with van der Waals surface area (Å²) in [5, 5.41) is 3.36. The van der Waals surface area contributed by atoms with Crippen molar-refractivity contribution in [3.05, 3.63) is 11.9 Å². The van der Waals surface area contributed by atoms with Gasteiger partial charge in [0.25, 0.3) is 0 Å². The van der Waals surface area contributed by atoms with Gasteiger partial charge in [0, 0.05) is 36.2 Å². The van der Waals surface area contributed by atoms with Gasteiger partial charge in [0.05, 0.1) is 0 Å². The molecule has 0 saturated carbocycles. The SMILES string of the molecule is CCCNc1cc(N2CCSC(C)(C)CC2)nc(C)n1. The van der Waals surface area contributed by atoms with E-state index in [9.17, 15) is 0 Å². The first-order valence-electron chi connectivity index (χ1n) is 7.48. The molecule has 0 atom stereocenters. The zero-order chi connectivity index (χ0) is 14.6. The Bertz CT molecular complexity index is 447. The van der Waals surface area contributed by atoms with Gasteiger partial charge in [-0.05, 0) is 19.8 Å². The van der Waals surface area contributed by atoms with Crippen LogP contribution in [0.25, 0.3) is 0 Å². The molecule has 2 heterocycles. The number of hydrogen-bond donors (Lipinski definition) is 1. The van der Waals surface area contributed by atoms with Crippen molar-refractivity contribution in [2.75, 3.05) is 35.6 Å². The minimum absolute atomic E-state index is 0.375. The van der Waals surface area contributed by atoms with Gasteiger partial charge in [-0.1, -0.05) is 20.8 Å². The third kappa shape index (κ3) is 4.27. The fraction of sp³-hybridized carbons (Fsp3) is 0.733. The summed E-state index contributed by atoms with van der Waals surface area (Å²) in [5.41, 5.74) is 0. The van der Waals surface area contributed by atoms with Crippen LogP contribution in [0, 0.1) is 6.92 Å². The van der Waals surface area contributed by atoms with Crippen LogP contribution < -0.4 is 10.2 Å². The van der Waals surface area contributed by atoms with Crippen LogP contribution in [0.1, 0.15) is 39.4 Å². The van der Waals surface area contributed by atoms with E-state index in [1.165, 1.54) is 6.42 Å². The van der Waals surface area contributed by atoms with Crippen molar-refractivity contribution in [1.82, 2.24) is 9.97 Å². The Morgan fingerprint density at radius 1 is 1.35 bits per heavy atom. The van der Waals surface area contributed by atoms with Crippen molar-refractivity contribution in [3.8, 4) is 0 Å². The Balaban J connectivity index is 2.13. The van der Waals surface area contributed by atoms with E-state index in [0.717, 1.165) is 49.3 Å². The van der Waals surface area contributed by atoms with Crippen LogP contribution in [0.15, 0.2) is 6.07 Å². The maximum Gasteiger partial charge on any atom is 0.134 e. The molecule has 1 aliphatic heterocycles. The lowest BCUT2D eigenvalue weighted by molar-refractivity contribution is 0.634. The summed E-state index contributed by atoms with van der Waals surface area (Å²) in [7, 11) is 0. The average molecular weight is 294 g/mol. The number of aromatic nitrogens is 2. The van der Waals surface area contributed by atoms with Gasteiger partial charge in [-0.25, -0.2) is 9.97 Å². The number of thioether (sulfide) groups is 1. The highest BCUT2D eigenvalue weighted by Crippen LogP contribution is 2.32. The summed E-state index contributed by atoms with van der Waals surface area (Å²) in [6.07, 6.45) is 2.30. The summed E-state index contributed by atoms with van der Waals surface area (Å²) in [6, 6.07) is 2.09. The highest BCUT2D eigenvalue weighted by Gasteiger charge is 2.24. The number of hydrogen-bond acceptors (Lipinski definition) is 5. The zero-order valence-electron chi connectivity index (χ0n) is 13.1. The third-order valence-electron chi connectivity index (χ3n) is 3.54. The molecule has 4 nitrogen and oxygen atoms in total. The average Bonchev–Trinajstić information content (AvgIpc) is 2.57. The lowest BCUT2D eigenvalue weighted by atomic mass is 10.1. The number of anilines is 2. The molecule has 0 amide bonds. The first-order valence-corrected chi connectivity index (χ1v) is 8.47. The van der Waals surface area contributed by atoms with E-state index in [4.69, 9.17) is 0 Å². The molecule has 1 saturated heterocycles. The molecular weight excluding hydrogens is 268 g/mol. The lowest BCUT2D eigenvalue weighted by Crippen LogP contribution is -2.28. The predicted molar refractivity (Wildman–Crippen MR) is 88.9 cm³/mol. The molecule has 20 heavy (non-hydrogen) atoms. The highest BCUT2D eigenvalue weighted by molar-refractivity contribution is 8.00. The van der Waals surface area contributed by atoms with Gasteiger partial charge in [-0.3, -0.25) is 0 Å². The molecule has 0 radical (unpaired) electrons. The van der Waals surface area contributed by atoms with Crippen LogP contribution in [0.5, 0.6) is 0 Å². The smallest absolute Gasteiger partial charge is 0.134 e. The normalized spacial score (nSPS) is 18.7. The first kappa shape index (κ1) is 15.4. The van der Waals surface area contributed by atoms with Crippen LogP contribution in [0.4, 0.5) is 11.6 Å². The summed E-state index contributed by atoms with van der Waals surface area (Å²) in [4.78, 5) is 11.5. The number of nitrogens with one attached hydrogen (secondary N) is 1. The Morgan fingerprint density at radius 2 is 2.15 bits per heavy atom. The van der Waals surface area contributed by atoms with Gasteiger partial charge in [-0.15, -0.1) is 0 Å². The van der Waals surface area contributed by atoms with Crippen LogP contribution in [0.3, 0.4) is 0 Å². The van der Waals surface area contributed by atoms with Gasteiger partial charge in [-0.2, -0.15) is 11.8 Å². The Morgan fingerprint density at radius 3 is 2.90 bits per heavy atom. The second-order valence-corrected chi connectivity index (χ2v) is 7.73. The van der Waals surface area contributed by atoms with E-state index in [1.807, 2.05) is 6.92 Å². The van der Waals surface area contributed by atoms with Crippen LogP contribution in [-0.4, -0.2) is 40.1 Å². The van der Waals surface area contributed by atoms with Gasteiger partial charge < -0.3 is 10.2 Å². The van der Waals surface area contributed by atoms with Crippen LogP contribution in [-0.2, 0) is 0 Å². The molecule has 1 N–H and O–H groups in total. The van der Waals surface area contributed by atoms with Crippen molar-refractivity contribution in [2.24, 2.45) is 0 Å². The van der Waals surface area contributed by atoms with Crippen molar-refractivity contribution in [2.45, 2.75) is 45.3 Å². The molecular formula is C15H26N4S. The fourth-order valence-corrected chi connectivity index (χ4v) is 3.41. The van der Waals surface area contributed by atoms with E-state index in [1.54, 1.807) is 0 Å². The van der Waals surface area contributed by atoms with E-state index in [2.05, 4.69) is 58.8 Å². The minimum atomic E-state index is 0.375. The third-order valence-corrected chi connectivity index (χ3v) is 4.91. The molecule has 0 aliphatic carbocycles. The molecule has 0 spiro atoms. The molecule has 112 valence electrons. The Labute approximate surface area is 126 Å². The molecule has 1 aromatic heterocycles. The van der Waals surface area contributed by atoms with Gasteiger partial charge in [0.15, 0.2) is 0 Å². The monoisotopic (exact) mass is 294 g/mol. The van der Waals surface area contributed by atoms with Crippen LogP contribution >= 0.6 is 11.8 Å². The second-order valence-electron chi connectivity index (χ2n) is 5.93. The summed E-state index contributed by atoms with van der Waals surface area (Å²) in [5.74, 6) is 4.02.